The highest BCUT2D eigenvalue weighted by Gasteiger charge is 2.28. The second-order valence-electron chi connectivity index (χ2n) is 3.63. The SMILES string of the molecule is N#CCc1nc(F)c(-c2c(F)c(F)nc(F)c2F)c(F)n1. The molecule has 21 heavy (non-hydrogen) atoms. The van der Waals surface area contributed by atoms with Gasteiger partial charge in [0.2, 0.25) is 11.9 Å². The minimum absolute atomic E-state index is 0.571. The molecule has 0 aliphatic carbocycles. The summed E-state index contributed by atoms with van der Waals surface area (Å²) in [6, 6.07) is 1.50. The molecular formula is C11H2F6N4. The third-order valence-electron chi connectivity index (χ3n) is 2.35. The van der Waals surface area contributed by atoms with Crippen LogP contribution in [0.1, 0.15) is 5.82 Å². The fourth-order valence-corrected chi connectivity index (χ4v) is 1.51. The molecule has 0 bridgehead atoms. The summed E-state index contributed by atoms with van der Waals surface area (Å²) in [4.78, 5) is 8.26. The Labute approximate surface area is 112 Å². The van der Waals surface area contributed by atoms with Crippen molar-refractivity contribution in [3.63, 3.8) is 0 Å². The summed E-state index contributed by atoms with van der Waals surface area (Å²) in [6.45, 7) is 0. The molecule has 0 N–H and O–H groups in total. The number of nitrogens with zero attached hydrogens (tertiary/aromatic N) is 4. The van der Waals surface area contributed by atoms with Gasteiger partial charge in [0.1, 0.15) is 5.82 Å². The van der Waals surface area contributed by atoms with E-state index in [0.29, 0.717) is 0 Å². The van der Waals surface area contributed by atoms with E-state index in [0.717, 1.165) is 0 Å². The molecule has 0 atom stereocenters. The van der Waals surface area contributed by atoms with Gasteiger partial charge in [-0.15, -0.1) is 0 Å². The molecule has 0 saturated heterocycles. The fourth-order valence-electron chi connectivity index (χ4n) is 1.51. The lowest BCUT2D eigenvalue weighted by molar-refractivity contribution is 0.408. The molecule has 0 amide bonds. The summed E-state index contributed by atoms with van der Waals surface area (Å²) in [6.07, 6.45) is -0.571. The van der Waals surface area contributed by atoms with E-state index in [2.05, 4.69) is 15.0 Å². The van der Waals surface area contributed by atoms with Crippen LogP contribution in [0.15, 0.2) is 0 Å². The molecule has 10 heteroatoms. The van der Waals surface area contributed by atoms with Gasteiger partial charge in [-0.2, -0.15) is 27.8 Å². The van der Waals surface area contributed by atoms with Gasteiger partial charge in [0, 0.05) is 0 Å². The van der Waals surface area contributed by atoms with Crippen LogP contribution < -0.4 is 0 Å². The Hall–Kier alpha value is -2.70. The van der Waals surface area contributed by atoms with E-state index in [1.165, 1.54) is 6.07 Å². The zero-order valence-electron chi connectivity index (χ0n) is 9.76. The number of aromatic nitrogens is 3. The third-order valence-corrected chi connectivity index (χ3v) is 2.35. The molecular weight excluding hydrogens is 302 g/mol. The standard InChI is InChI=1S/C11H2F6N4/c12-6-4(7(13)11(17)21-10(6)16)5-8(14)19-3(1-2-18)20-9(5)15/h1H2. The van der Waals surface area contributed by atoms with Gasteiger partial charge in [0.15, 0.2) is 11.6 Å². The first-order chi connectivity index (χ1) is 9.86. The van der Waals surface area contributed by atoms with Gasteiger partial charge >= 0.3 is 0 Å². The summed E-state index contributed by atoms with van der Waals surface area (Å²) in [7, 11) is 0. The van der Waals surface area contributed by atoms with E-state index in [9.17, 15) is 26.3 Å². The Kier molecular flexibility index (Phi) is 3.75. The minimum atomic E-state index is -2.09. The van der Waals surface area contributed by atoms with Crippen LogP contribution in [0.2, 0.25) is 0 Å². The van der Waals surface area contributed by atoms with Crippen LogP contribution in [0.3, 0.4) is 0 Å². The van der Waals surface area contributed by atoms with Crippen molar-refractivity contribution in [2.24, 2.45) is 0 Å². The van der Waals surface area contributed by atoms with E-state index in [-0.39, 0.29) is 0 Å². The summed E-state index contributed by atoms with van der Waals surface area (Å²) in [5.41, 5.74) is -3.15. The fraction of sp³-hybridized carbons (Fsp3) is 0.0909. The maximum Gasteiger partial charge on any atom is 0.252 e. The van der Waals surface area contributed by atoms with E-state index in [4.69, 9.17) is 5.26 Å². The van der Waals surface area contributed by atoms with E-state index in [1.807, 2.05) is 0 Å². The molecule has 2 aromatic heterocycles. The van der Waals surface area contributed by atoms with Crippen LogP contribution in [0, 0.1) is 46.8 Å². The van der Waals surface area contributed by atoms with Crippen molar-refractivity contribution in [3.8, 4) is 17.2 Å². The molecule has 0 aromatic carbocycles. The molecule has 0 unspecified atom stereocenters. The second-order valence-corrected chi connectivity index (χ2v) is 3.63. The van der Waals surface area contributed by atoms with Crippen LogP contribution in [0.4, 0.5) is 26.3 Å². The van der Waals surface area contributed by atoms with Crippen molar-refractivity contribution in [1.82, 2.24) is 15.0 Å². The Morgan fingerprint density at radius 3 is 1.62 bits per heavy atom. The molecule has 0 fully saturated rings. The van der Waals surface area contributed by atoms with Crippen molar-refractivity contribution in [2.45, 2.75) is 6.42 Å². The molecule has 0 radical (unpaired) electrons. The minimum Gasteiger partial charge on any atom is -0.203 e. The molecule has 2 rings (SSSR count). The van der Waals surface area contributed by atoms with E-state index in [1.54, 1.807) is 0 Å². The highest BCUT2D eigenvalue weighted by atomic mass is 19.2. The number of pyridine rings is 1. The van der Waals surface area contributed by atoms with Crippen LogP contribution >= 0.6 is 0 Å². The Morgan fingerprint density at radius 1 is 0.714 bits per heavy atom. The maximum atomic E-state index is 13.6. The lowest BCUT2D eigenvalue weighted by Gasteiger charge is -2.08. The summed E-state index contributed by atoms with van der Waals surface area (Å²) in [5.74, 6) is -12.5. The molecule has 0 aliphatic rings. The average molecular weight is 304 g/mol. The number of hydrogen-bond acceptors (Lipinski definition) is 4. The van der Waals surface area contributed by atoms with Gasteiger partial charge in [0.05, 0.1) is 23.6 Å². The van der Waals surface area contributed by atoms with Crippen molar-refractivity contribution in [2.75, 3.05) is 0 Å². The molecule has 0 aliphatic heterocycles. The highest BCUT2D eigenvalue weighted by molar-refractivity contribution is 5.64. The van der Waals surface area contributed by atoms with Gasteiger partial charge < -0.3 is 0 Å². The summed E-state index contributed by atoms with van der Waals surface area (Å²) in [5, 5.41) is 8.35. The zero-order valence-corrected chi connectivity index (χ0v) is 9.76. The summed E-state index contributed by atoms with van der Waals surface area (Å²) < 4.78 is 80.1. The number of rotatable bonds is 2. The predicted molar refractivity (Wildman–Crippen MR) is 54.3 cm³/mol. The average Bonchev–Trinajstić information content (AvgIpc) is 2.40. The first kappa shape index (κ1) is 14.7. The predicted octanol–water partition coefficient (Wildman–Crippen LogP) is 2.44. The van der Waals surface area contributed by atoms with Gasteiger partial charge in [-0.3, -0.25) is 0 Å². The molecule has 0 saturated carbocycles. The van der Waals surface area contributed by atoms with Gasteiger partial charge in [-0.1, -0.05) is 0 Å². The molecule has 2 heterocycles. The van der Waals surface area contributed by atoms with Gasteiger partial charge in [-0.25, -0.2) is 18.7 Å². The van der Waals surface area contributed by atoms with Crippen molar-refractivity contribution in [3.05, 3.63) is 41.2 Å². The monoisotopic (exact) mass is 304 g/mol. The quantitative estimate of drug-likeness (QED) is 0.486. The van der Waals surface area contributed by atoms with Crippen LogP contribution in [-0.2, 0) is 6.42 Å². The first-order valence-corrected chi connectivity index (χ1v) is 5.16. The van der Waals surface area contributed by atoms with Gasteiger partial charge in [0.25, 0.3) is 11.9 Å². The molecule has 2 aromatic rings. The van der Waals surface area contributed by atoms with Crippen LogP contribution in [0.25, 0.3) is 11.1 Å². The van der Waals surface area contributed by atoms with Crippen molar-refractivity contribution in [1.29, 1.82) is 5.26 Å². The largest absolute Gasteiger partial charge is 0.252 e. The lowest BCUT2D eigenvalue weighted by Crippen LogP contribution is -2.09. The van der Waals surface area contributed by atoms with E-state index >= 15 is 0 Å². The number of nitriles is 1. The first-order valence-electron chi connectivity index (χ1n) is 5.16. The Balaban J connectivity index is 2.77. The van der Waals surface area contributed by atoms with Crippen molar-refractivity contribution < 1.29 is 26.3 Å². The highest BCUT2D eigenvalue weighted by Crippen LogP contribution is 2.31. The van der Waals surface area contributed by atoms with Crippen LogP contribution in [-0.4, -0.2) is 15.0 Å². The van der Waals surface area contributed by atoms with Crippen LogP contribution in [0.5, 0.6) is 0 Å². The third kappa shape index (κ3) is 2.49. The number of halogens is 6. The normalized spacial score (nSPS) is 10.5. The van der Waals surface area contributed by atoms with Crippen molar-refractivity contribution >= 4 is 0 Å². The van der Waals surface area contributed by atoms with E-state index < -0.39 is 58.8 Å². The number of hydrogen-bond donors (Lipinski definition) is 0. The summed E-state index contributed by atoms with van der Waals surface area (Å²) >= 11 is 0. The lowest BCUT2D eigenvalue weighted by atomic mass is 10.1. The zero-order chi connectivity index (χ0) is 15.7. The topological polar surface area (TPSA) is 62.5 Å². The molecule has 108 valence electrons. The maximum absolute atomic E-state index is 13.6. The molecule has 4 nitrogen and oxygen atoms in total. The van der Waals surface area contributed by atoms with Gasteiger partial charge in [-0.05, 0) is 0 Å². The smallest absolute Gasteiger partial charge is 0.203 e. The Morgan fingerprint density at radius 2 is 1.19 bits per heavy atom. The second kappa shape index (κ2) is 5.35. The Bertz CT molecular complexity index is 721. The molecule has 0 spiro atoms.